The number of nitrogens with one attached hydrogen (secondary N) is 1. The quantitative estimate of drug-likeness (QED) is 0.837. The molecule has 0 amide bonds. The van der Waals surface area contributed by atoms with Gasteiger partial charge in [-0.25, -0.2) is 0 Å². The van der Waals surface area contributed by atoms with Crippen LogP contribution in [-0.2, 0) is 5.41 Å². The molecular formula is C16H25NO. The van der Waals surface area contributed by atoms with Gasteiger partial charge in [0, 0.05) is 17.1 Å². The molecule has 1 fully saturated rings. The molecule has 1 saturated carbocycles. The minimum absolute atomic E-state index is 0.0367. The lowest BCUT2D eigenvalue weighted by Gasteiger charge is -2.50. The monoisotopic (exact) mass is 247 g/mol. The van der Waals surface area contributed by atoms with E-state index in [1.165, 1.54) is 11.3 Å². The van der Waals surface area contributed by atoms with Gasteiger partial charge in [-0.15, -0.1) is 0 Å². The molecule has 0 heterocycles. The van der Waals surface area contributed by atoms with E-state index in [0.717, 1.165) is 6.42 Å². The van der Waals surface area contributed by atoms with Crippen molar-refractivity contribution in [3.8, 4) is 0 Å². The summed E-state index contributed by atoms with van der Waals surface area (Å²) >= 11 is 0. The summed E-state index contributed by atoms with van der Waals surface area (Å²) in [6.07, 6.45) is 0.655. The first-order valence-electron chi connectivity index (χ1n) is 6.77. The molecule has 1 aliphatic carbocycles. The van der Waals surface area contributed by atoms with E-state index in [2.05, 4.69) is 64.2 Å². The van der Waals surface area contributed by atoms with E-state index in [-0.39, 0.29) is 16.9 Å². The van der Waals surface area contributed by atoms with Crippen LogP contribution in [0.1, 0.15) is 46.6 Å². The maximum atomic E-state index is 9.81. The molecule has 2 unspecified atom stereocenters. The Morgan fingerprint density at radius 3 is 2.33 bits per heavy atom. The third-order valence-electron chi connectivity index (χ3n) is 4.28. The summed E-state index contributed by atoms with van der Waals surface area (Å²) in [5.74, 6) is 0. The predicted octanol–water partition coefficient (Wildman–Crippen LogP) is 3.56. The van der Waals surface area contributed by atoms with Crippen LogP contribution in [0.2, 0.25) is 0 Å². The Balaban J connectivity index is 2.21. The highest BCUT2D eigenvalue weighted by molar-refractivity contribution is 5.55. The molecule has 1 aromatic carbocycles. The van der Waals surface area contributed by atoms with Crippen LogP contribution in [0, 0.1) is 5.41 Å². The molecule has 0 spiro atoms. The van der Waals surface area contributed by atoms with E-state index in [1.807, 2.05) is 0 Å². The van der Waals surface area contributed by atoms with Crippen LogP contribution in [0.3, 0.4) is 0 Å². The minimum Gasteiger partial charge on any atom is -0.392 e. The predicted molar refractivity (Wildman–Crippen MR) is 77.0 cm³/mol. The number of benzene rings is 1. The summed E-state index contributed by atoms with van der Waals surface area (Å²) in [5, 5.41) is 13.4. The van der Waals surface area contributed by atoms with Gasteiger partial charge in [-0.05, 0) is 23.5 Å². The first-order chi connectivity index (χ1) is 8.23. The van der Waals surface area contributed by atoms with Gasteiger partial charge < -0.3 is 10.4 Å². The zero-order chi connectivity index (χ0) is 13.6. The molecular weight excluding hydrogens is 222 g/mol. The number of hydrogen-bond acceptors (Lipinski definition) is 2. The Labute approximate surface area is 110 Å². The number of aliphatic hydroxyl groups excluding tert-OH is 1. The molecule has 0 bridgehead atoms. The fraction of sp³-hybridized carbons (Fsp3) is 0.625. The van der Waals surface area contributed by atoms with Crippen molar-refractivity contribution in [2.45, 2.75) is 58.6 Å². The highest BCUT2D eigenvalue weighted by Gasteiger charge is 2.47. The SMILES string of the molecule is CC(C)(C)c1ccccc1NC1CC(O)C1(C)C. The normalized spacial score (nSPS) is 26.6. The largest absolute Gasteiger partial charge is 0.392 e. The topological polar surface area (TPSA) is 32.3 Å². The Morgan fingerprint density at radius 2 is 1.83 bits per heavy atom. The van der Waals surface area contributed by atoms with Crippen molar-refractivity contribution in [1.82, 2.24) is 0 Å². The standard InChI is InChI=1S/C16H25NO/c1-15(2,3)11-8-6-7-9-12(11)17-13-10-14(18)16(13,4)5/h6-9,13-14,17-18H,10H2,1-5H3. The van der Waals surface area contributed by atoms with Crippen LogP contribution in [-0.4, -0.2) is 17.3 Å². The summed E-state index contributed by atoms with van der Waals surface area (Å²) in [5.41, 5.74) is 2.64. The van der Waals surface area contributed by atoms with Crippen LogP contribution in [0.25, 0.3) is 0 Å². The molecule has 1 aromatic rings. The number of anilines is 1. The van der Waals surface area contributed by atoms with Crippen LogP contribution < -0.4 is 5.32 Å². The number of para-hydroxylation sites is 1. The summed E-state index contributed by atoms with van der Waals surface area (Å²) in [7, 11) is 0. The molecule has 2 atom stereocenters. The second kappa shape index (κ2) is 4.27. The average Bonchev–Trinajstić information content (AvgIpc) is 2.28. The molecule has 1 aliphatic rings. The Bertz CT molecular complexity index is 431. The lowest BCUT2D eigenvalue weighted by molar-refractivity contribution is -0.0510. The average molecular weight is 247 g/mol. The van der Waals surface area contributed by atoms with Crippen molar-refractivity contribution >= 4 is 5.69 Å². The van der Waals surface area contributed by atoms with Gasteiger partial charge in [0.15, 0.2) is 0 Å². The van der Waals surface area contributed by atoms with E-state index in [4.69, 9.17) is 0 Å². The second-order valence-electron chi connectivity index (χ2n) is 7.07. The first kappa shape index (κ1) is 13.4. The van der Waals surface area contributed by atoms with Crippen LogP contribution in [0.4, 0.5) is 5.69 Å². The number of hydrogen-bond donors (Lipinski definition) is 2. The number of aliphatic hydroxyl groups is 1. The maximum Gasteiger partial charge on any atom is 0.0630 e. The molecule has 2 rings (SSSR count). The zero-order valence-electron chi connectivity index (χ0n) is 12.1. The lowest BCUT2D eigenvalue weighted by Crippen LogP contribution is -2.57. The fourth-order valence-corrected chi connectivity index (χ4v) is 2.60. The van der Waals surface area contributed by atoms with Gasteiger partial charge in [0.1, 0.15) is 0 Å². The van der Waals surface area contributed by atoms with Crippen molar-refractivity contribution in [2.75, 3.05) is 5.32 Å². The molecule has 2 heteroatoms. The molecule has 2 N–H and O–H groups in total. The van der Waals surface area contributed by atoms with Crippen molar-refractivity contribution in [1.29, 1.82) is 0 Å². The van der Waals surface area contributed by atoms with E-state index in [9.17, 15) is 5.11 Å². The highest BCUT2D eigenvalue weighted by atomic mass is 16.3. The van der Waals surface area contributed by atoms with Crippen molar-refractivity contribution in [2.24, 2.45) is 5.41 Å². The summed E-state index contributed by atoms with van der Waals surface area (Å²) in [6.45, 7) is 10.9. The molecule has 100 valence electrons. The minimum atomic E-state index is -0.184. The summed E-state index contributed by atoms with van der Waals surface area (Å²) < 4.78 is 0. The maximum absolute atomic E-state index is 9.81. The summed E-state index contributed by atoms with van der Waals surface area (Å²) in [6, 6.07) is 8.84. The molecule has 0 aromatic heterocycles. The van der Waals surface area contributed by atoms with E-state index in [1.54, 1.807) is 0 Å². The molecule has 2 nitrogen and oxygen atoms in total. The van der Waals surface area contributed by atoms with Crippen molar-refractivity contribution in [3.05, 3.63) is 29.8 Å². The Morgan fingerprint density at radius 1 is 1.22 bits per heavy atom. The van der Waals surface area contributed by atoms with Crippen LogP contribution >= 0.6 is 0 Å². The van der Waals surface area contributed by atoms with Gasteiger partial charge in [0.25, 0.3) is 0 Å². The van der Waals surface area contributed by atoms with Gasteiger partial charge in [-0.2, -0.15) is 0 Å². The third kappa shape index (κ3) is 2.26. The lowest BCUT2D eigenvalue weighted by atomic mass is 9.64. The Hall–Kier alpha value is -1.02. The van der Waals surface area contributed by atoms with Crippen LogP contribution in [0.15, 0.2) is 24.3 Å². The molecule has 0 radical (unpaired) electrons. The van der Waals surface area contributed by atoms with Crippen LogP contribution in [0.5, 0.6) is 0 Å². The molecule has 18 heavy (non-hydrogen) atoms. The van der Waals surface area contributed by atoms with Gasteiger partial charge in [0.2, 0.25) is 0 Å². The second-order valence-corrected chi connectivity index (χ2v) is 7.07. The van der Waals surface area contributed by atoms with E-state index in [0.29, 0.717) is 6.04 Å². The van der Waals surface area contributed by atoms with Gasteiger partial charge in [0.05, 0.1) is 6.10 Å². The van der Waals surface area contributed by atoms with Gasteiger partial charge in [-0.1, -0.05) is 52.8 Å². The number of rotatable bonds is 2. The molecule has 0 saturated heterocycles. The van der Waals surface area contributed by atoms with Gasteiger partial charge in [-0.3, -0.25) is 0 Å². The zero-order valence-corrected chi connectivity index (χ0v) is 12.1. The first-order valence-corrected chi connectivity index (χ1v) is 6.77. The Kier molecular flexibility index (Phi) is 3.18. The van der Waals surface area contributed by atoms with Crippen molar-refractivity contribution in [3.63, 3.8) is 0 Å². The van der Waals surface area contributed by atoms with E-state index >= 15 is 0 Å². The fourth-order valence-electron chi connectivity index (χ4n) is 2.60. The smallest absolute Gasteiger partial charge is 0.0630 e. The van der Waals surface area contributed by atoms with E-state index < -0.39 is 0 Å². The molecule has 0 aliphatic heterocycles. The summed E-state index contributed by atoms with van der Waals surface area (Å²) in [4.78, 5) is 0. The highest BCUT2D eigenvalue weighted by Crippen LogP contribution is 2.43. The third-order valence-corrected chi connectivity index (χ3v) is 4.28. The van der Waals surface area contributed by atoms with Crippen molar-refractivity contribution < 1.29 is 5.11 Å². The van der Waals surface area contributed by atoms with Gasteiger partial charge >= 0.3 is 0 Å².